The van der Waals surface area contributed by atoms with Crippen molar-refractivity contribution in [1.29, 1.82) is 0 Å². The van der Waals surface area contributed by atoms with Crippen molar-refractivity contribution in [2.45, 2.75) is 13.5 Å². The van der Waals surface area contributed by atoms with Crippen LogP contribution in [0.15, 0.2) is 30.6 Å². The zero-order chi connectivity index (χ0) is 13.1. The molecule has 18 heavy (non-hydrogen) atoms. The maximum Gasteiger partial charge on any atom is 0.165 e. The molecule has 0 aliphatic rings. The molecule has 0 atom stereocenters. The molecule has 6 heteroatoms. The molecule has 0 fully saturated rings. The van der Waals surface area contributed by atoms with Crippen molar-refractivity contribution in [2.75, 3.05) is 0 Å². The van der Waals surface area contributed by atoms with E-state index in [1.807, 2.05) is 6.92 Å². The Morgan fingerprint density at radius 3 is 2.94 bits per heavy atom. The number of halogens is 1. The molecule has 0 radical (unpaired) electrons. The first-order valence-electron chi connectivity index (χ1n) is 5.40. The number of aromatic nitrogens is 2. The van der Waals surface area contributed by atoms with Gasteiger partial charge in [0, 0.05) is 17.6 Å². The first-order valence-corrected chi connectivity index (χ1v) is 6.18. The molecule has 0 saturated heterocycles. The molecule has 0 amide bonds. The van der Waals surface area contributed by atoms with Gasteiger partial charge in [0.1, 0.15) is 10.7 Å². The Bertz CT molecular complexity index is 582. The lowest BCUT2D eigenvalue weighted by Crippen LogP contribution is -2.10. The minimum absolute atomic E-state index is 0.268. The summed E-state index contributed by atoms with van der Waals surface area (Å²) in [5.74, 6) is 1.15. The molecule has 2 aromatic rings. The van der Waals surface area contributed by atoms with Gasteiger partial charge in [-0.1, -0.05) is 23.8 Å². The minimum Gasteiger partial charge on any atom is -0.453 e. The van der Waals surface area contributed by atoms with Gasteiger partial charge in [0.05, 0.1) is 18.0 Å². The molecule has 1 heterocycles. The Labute approximate surface area is 115 Å². The van der Waals surface area contributed by atoms with Crippen LogP contribution >= 0.6 is 23.8 Å². The van der Waals surface area contributed by atoms with E-state index in [9.17, 15) is 0 Å². The van der Waals surface area contributed by atoms with Crippen molar-refractivity contribution >= 4 is 28.8 Å². The van der Waals surface area contributed by atoms with Crippen LogP contribution in [0.1, 0.15) is 12.5 Å². The molecule has 0 aliphatic heterocycles. The molecule has 0 bridgehead atoms. The summed E-state index contributed by atoms with van der Waals surface area (Å²) in [5.41, 5.74) is 6.29. The van der Waals surface area contributed by atoms with Crippen LogP contribution in [0.4, 0.5) is 0 Å². The van der Waals surface area contributed by atoms with Crippen molar-refractivity contribution in [3.63, 3.8) is 0 Å². The Morgan fingerprint density at radius 1 is 1.56 bits per heavy atom. The van der Waals surface area contributed by atoms with E-state index in [-0.39, 0.29) is 4.99 Å². The van der Waals surface area contributed by atoms with Gasteiger partial charge < -0.3 is 10.5 Å². The maximum atomic E-state index is 5.94. The molecule has 0 aliphatic carbocycles. The fraction of sp³-hybridized carbons (Fsp3) is 0.167. The molecule has 4 nitrogen and oxygen atoms in total. The largest absolute Gasteiger partial charge is 0.453 e. The Balaban J connectivity index is 2.32. The lowest BCUT2D eigenvalue weighted by atomic mass is 10.2. The van der Waals surface area contributed by atoms with Gasteiger partial charge in [-0.2, -0.15) is 5.10 Å². The van der Waals surface area contributed by atoms with E-state index >= 15 is 0 Å². The molecular weight excluding hydrogens is 270 g/mol. The summed E-state index contributed by atoms with van der Waals surface area (Å²) >= 11 is 10.9. The fourth-order valence-electron chi connectivity index (χ4n) is 1.48. The highest BCUT2D eigenvalue weighted by atomic mass is 35.5. The van der Waals surface area contributed by atoms with Crippen LogP contribution in [0.2, 0.25) is 5.02 Å². The average molecular weight is 282 g/mol. The summed E-state index contributed by atoms with van der Waals surface area (Å²) in [6.45, 7) is 2.78. The maximum absolute atomic E-state index is 5.94. The third kappa shape index (κ3) is 2.80. The van der Waals surface area contributed by atoms with Gasteiger partial charge in [-0.3, -0.25) is 4.68 Å². The van der Waals surface area contributed by atoms with Crippen molar-refractivity contribution < 1.29 is 4.74 Å². The predicted octanol–water partition coefficient (Wildman–Crippen LogP) is 2.98. The molecule has 0 unspecified atom stereocenters. The smallest absolute Gasteiger partial charge is 0.165 e. The number of ether oxygens (including phenoxy) is 1. The Morgan fingerprint density at radius 2 is 2.33 bits per heavy atom. The van der Waals surface area contributed by atoms with Gasteiger partial charge in [0.2, 0.25) is 0 Å². The molecule has 1 aromatic heterocycles. The summed E-state index contributed by atoms with van der Waals surface area (Å²) in [4.78, 5) is 0.268. The third-order valence-electron chi connectivity index (χ3n) is 2.37. The first-order chi connectivity index (χ1) is 8.60. The second kappa shape index (κ2) is 5.37. The van der Waals surface area contributed by atoms with E-state index in [0.29, 0.717) is 22.1 Å². The Hall–Kier alpha value is -1.59. The van der Waals surface area contributed by atoms with E-state index in [2.05, 4.69) is 5.10 Å². The normalized spacial score (nSPS) is 10.3. The molecule has 2 N–H and O–H groups in total. The quantitative estimate of drug-likeness (QED) is 0.876. The highest BCUT2D eigenvalue weighted by Gasteiger charge is 2.09. The van der Waals surface area contributed by atoms with Gasteiger partial charge in [0.25, 0.3) is 0 Å². The third-order valence-corrected chi connectivity index (χ3v) is 2.83. The predicted molar refractivity (Wildman–Crippen MR) is 75.3 cm³/mol. The minimum atomic E-state index is 0.268. The number of rotatable bonds is 4. The monoisotopic (exact) mass is 281 g/mol. The highest BCUT2D eigenvalue weighted by molar-refractivity contribution is 7.80. The number of benzene rings is 1. The van der Waals surface area contributed by atoms with E-state index in [0.717, 1.165) is 6.54 Å². The van der Waals surface area contributed by atoms with Crippen LogP contribution in [0, 0.1) is 0 Å². The first kappa shape index (κ1) is 12.9. The van der Waals surface area contributed by atoms with Gasteiger partial charge in [0.15, 0.2) is 5.75 Å². The molecule has 2 rings (SSSR count). The molecular formula is C12H12ClN3OS. The number of thiocarbonyl (C=S) groups is 1. The second-order valence-corrected chi connectivity index (χ2v) is 4.51. The lowest BCUT2D eigenvalue weighted by Gasteiger charge is -2.08. The lowest BCUT2D eigenvalue weighted by molar-refractivity contribution is 0.480. The average Bonchev–Trinajstić information content (AvgIpc) is 2.76. The number of hydrogen-bond acceptors (Lipinski definition) is 3. The highest BCUT2D eigenvalue weighted by Crippen LogP contribution is 2.28. The van der Waals surface area contributed by atoms with Crippen LogP contribution in [-0.2, 0) is 6.54 Å². The summed E-state index contributed by atoms with van der Waals surface area (Å²) in [5, 5.41) is 4.69. The Kier molecular flexibility index (Phi) is 3.84. The van der Waals surface area contributed by atoms with Crippen LogP contribution in [0.25, 0.3) is 0 Å². The van der Waals surface area contributed by atoms with Crippen molar-refractivity contribution in [3.8, 4) is 11.5 Å². The van der Waals surface area contributed by atoms with Gasteiger partial charge in [-0.05, 0) is 19.1 Å². The van der Waals surface area contributed by atoms with E-state index < -0.39 is 0 Å². The van der Waals surface area contributed by atoms with Crippen molar-refractivity contribution in [1.82, 2.24) is 9.78 Å². The zero-order valence-electron chi connectivity index (χ0n) is 9.76. The van der Waals surface area contributed by atoms with E-state index in [1.54, 1.807) is 35.3 Å². The topological polar surface area (TPSA) is 53.1 Å². The number of nitrogens with zero attached hydrogens (tertiary/aromatic N) is 2. The molecule has 0 spiro atoms. The van der Waals surface area contributed by atoms with Crippen molar-refractivity contribution in [3.05, 3.63) is 41.2 Å². The molecule has 1 aromatic carbocycles. The van der Waals surface area contributed by atoms with Gasteiger partial charge in [-0.15, -0.1) is 0 Å². The van der Waals surface area contributed by atoms with Crippen LogP contribution in [-0.4, -0.2) is 14.8 Å². The van der Waals surface area contributed by atoms with Crippen molar-refractivity contribution in [2.24, 2.45) is 5.73 Å². The summed E-state index contributed by atoms with van der Waals surface area (Å²) in [6.07, 6.45) is 3.43. The SMILES string of the molecule is CCn1cc(Oc2cc(Cl)ccc2C(N)=S)cn1. The number of hydrogen-bond donors (Lipinski definition) is 1. The fourth-order valence-corrected chi connectivity index (χ4v) is 1.81. The van der Waals surface area contributed by atoms with Crippen LogP contribution in [0.3, 0.4) is 0 Å². The van der Waals surface area contributed by atoms with E-state index in [4.69, 9.17) is 34.3 Å². The zero-order valence-corrected chi connectivity index (χ0v) is 11.3. The van der Waals surface area contributed by atoms with Crippen LogP contribution in [0.5, 0.6) is 11.5 Å². The summed E-state index contributed by atoms with van der Waals surface area (Å²) in [6, 6.07) is 5.14. The summed E-state index contributed by atoms with van der Waals surface area (Å²) < 4.78 is 7.46. The second-order valence-electron chi connectivity index (χ2n) is 3.64. The van der Waals surface area contributed by atoms with Gasteiger partial charge >= 0.3 is 0 Å². The van der Waals surface area contributed by atoms with Crippen LogP contribution < -0.4 is 10.5 Å². The van der Waals surface area contributed by atoms with Gasteiger partial charge in [-0.25, -0.2) is 0 Å². The number of aryl methyl sites for hydroxylation is 1. The summed E-state index contributed by atoms with van der Waals surface area (Å²) in [7, 11) is 0. The number of nitrogens with two attached hydrogens (primary N) is 1. The molecule has 94 valence electrons. The molecule has 0 saturated carbocycles. The van der Waals surface area contributed by atoms with E-state index in [1.165, 1.54) is 0 Å². The standard InChI is InChI=1S/C12H12ClN3OS/c1-2-16-7-9(6-15-16)17-11-5-8(13)3-4-10(11)12(14)18/h3-7H,2H2,1H3,(H2,14,18).